The second-order valence-corrected chi connectivity index (χ2v) is 9.16. The van der Waals surface area contributed by atoms with Gasteiger partial charge in [0.2, 0.25) is 9.84 Å². The first-order chi connectivity index (χ1) is 12.5. The third-order valence-electron chi connectivity index (χ3n) is 4.31. The molecule has 27 heavy (non-hydrogen) atoms. The van der Waals surface area contributed by atoms with Gasteiger partial charge in [-0.15, -0.1) is 0 Å². The first kappa shape index (κ1) is 19.0. The third-order valence-corrected chi connectivity index (χ3v) is 6.06. The van der Waals surface area contributed by atoms with Crippen molar-refractivity contribution in [3.8, 4) is 11.5 Å². The molecule has 0 amide bonds. The molecule has 0 spiro atoms. The average Bonchev–Trinajstić information content (AvgIpc) is 2.61. The van der Waals surface area contributed by atoms with Crippen molar-refractivity contribution < 1.29 is 22.7 Å². The van der Waals surface area contributed by atoms with Crippen LogP contribution in [-0.2, 0) is 15.3 Å². The predicted octanol–water partition coefficient (Wildman–Crippen LogP) is 3.64. The third kappa shape index (κ3) is 3.42. The topological polar surface area (TPSA) is 93.8 Å². The average molecular weight is 388 g/mol. The minimum atomic E-state index is -4.09. The number of hydrogen-bond acceptors (Lipinski definition) is 6. The SMILES string of the molecule is COc1ccc(S(=O)(=O)c2cc3cc(C(C)(C)C)cc(O)c3oc2=O)cc1. The Morgan fingerprint density at radius 1 is 1.04 bits per heavy atom. The molecule has 0 bridgehead atoms. The second-order valence-electron chi connectivity index (χ2n) is 7.24. The number of fused-ring (bicyclic) bond motifs is 1. The van der Waals surface area contributed by atoms with E-state index in [1.54, 1.807) is 6.07 Å². The molecule has 3 rings (SSSR count). The van der Waals surface area contributed by atoms with E-state index < -0.39 is 20.4 Å². The van der Waals surface area contributed by atoms with Crippen LogP contribution < -0.4 is 10.4 Å². The molecule has 1 N–H and O–H groups in total. The van der Waals surface area contributed by atoms with E-state index in [1.165, 1.54) is 43.5 Å². The van der Waals surface area contributed by atoms with Gasteiger partial charge >= 0.3 is 5.63 Å². The van der Waals surface area contributed by atoms with E-state index in [0.29, 0.717) is 11.1 Å². The summed E-state index contributed by atoms with van der Waals surface area (Å²) in [5.41, 5.74) is -0.565. The van der Waals surface area contributed by atoms with Crippen LogP contribution in [0.3, 0.4) is 0 Å². The van der Waals surface area contributed by atoms with Crippen molar-refractivity contribution in [1.82, 2.24) is 0 Å². The van der Waals surface area contributed by atoms with E-state index >= 15 is 0 Å². The Bertz CT molecular complexity index is 1170. The lowest BCUT2D eigenvalue weighted by atomic mass is 9.86. The Morgan fingerprint density at radius 2 is 1.67 bits per heavy atom. The zero-order valence-electron chi connectivity index (χ0n) is 15.4. The largest absolute Gasteiger partial charge is 0.504 e. The maximum atomic E-state index is 12.9. The van der Waals surface area contributed by atoms with Crippen LogP contribution in [0.2, 0.25) is 0 Å². The van der Waals surface area contributed by atoms with Gasteiger partial charge in [0.15, 0.2) is 16.2 Å². The van der Waals surface area contributed by atoms with Crippen LogP contribution in [-0.4, -0.2) is 20.6 Å². The minimum Gasteiger partial charge on any atom is -0.504 e. The first-order valence-electron chi connectivity index (χ1n) is 8.24. The van der Waals surface area contributed by atoms with Gasteiger partial charge in [-0.1, -0.05) is 20.8 Å². The summed E-state index contributed by atoms with van der Waals surface area (Å²) >= 11 is 0. The van der Waals surface area contributed by atoms with E-state index in [-0.39, 0.29) is 21.6 Å². The summed E-state index contributed by atoms with van der Waals surface area (Å²) in [5, 5.41) is 10.6. The molecular weight excluding hydrogens is 368 g/mol. The van der Waals surface area contributed by atoms with Gasteiger partial charge in [-0.2, -0.15) is 0 Å². The van der Waals surface area contributed by atoms with Gasteiger partial charge in [0.05, 0.1) is 12.0 Å². The number of methoxy groups -OCH3 is 1. The Labute approximate surface area is 156 Å². The summed E-state index contributed by atoms with van der Waals surface area (Å²) in [6, 6.07) is 10.2. The Kier molecular flexibility index (Phi) is 4.51. The van der Waals surface area contributed by atoms with Crippen molar-refractivity contribution >= 4 is 20.8 Å². The smallest absolute Gasteiger partial charge is 0.355 e. The fourth-order valence-electron chi connectivity index (χ4n) is 2.70. The summed E-state index contributed by atoms with van der Waals surface area (Å²) < 4.78 is 36.0. The summed E-state index contributed by atoms with van der Waals surface area (Å²) in [6.45, 7) is 5.88. The Morgan fingerprint density at radius 3 is 2.22 bits per heavy atom. The molecular formula is C20H20O6S. The van der Waals surface area contributed by atoms with Crippen LogP contribution in [0.4, 0.5) is 0 Å². The highest BCUT2D eigenvalue weighted by atomic mass is 32.2. The molecule has 0 aliphatic carbocycles. The molecule has 7 heteroatoms. The fraction of sp³-hybridized carbons (Fsp3) is 0.250. The number of aromatic hydroxyl groups is 1. The van der Waals surface area contributed by atoms with Crippen molar-refractivity contribution in [2.24, 2.45) is 0 Å². The molecule has 0 atom stereocenters. The molecule has 2 aromatic carbocycles. The molecule has 0 fully saturated rings. The summed E-state index contributed by atoms with van der Waals surface area (Å²) in [4.78, 5) is 11.8. The number of ether oxygens (including phenoxy) is 1. The molecule has 142 valence electrons. The van der Waals surface area contributed by atoms with E-state index in [4.69, 9.17) is 9.15 Å². The minimum absolute atomic E-state index is 0.0401. The number of rotatable bonds is 3. The molecule has 1 aromatic heterocycles. The quantitative estimate of drug-likeness (QED) is 0.689. The van der Waals surface area contributed by atoms with Crippen molar-refractivity contribution in [1.29, 1.82) is 0 Å². The van der Waals surface area contributed by atoms with Crippen molar-refractivity contribution in [3.05, 3.63) is 58.4 Å². The standard InChI is InChI=1S/C20H20O6S/c1-20(2,3)13-9-12-10-17(19(22)26-18(12)16(21)11-13)27(23,24)15-7-5-14(25-4)6-8-15/h5-11,21H,1-4H3. The highest BCUT2D eigenvalue weighted by Crippen LogP contribution is 2.33. The van der Waals surface area contributed by atoms with Crippen LogP contribution in [0, 0.1) is 0 Å². The van der Waals surface area contributed by atoms with Gasteiger partial charge in [0.25, 0.3) is 0 Å². The van der Waals surface area contributed by atoms with Crippen molar-refractivity contribution in [2.45, 2.75) is 36.0 Å². The summed E-state index contributed by atoms with van der Waals surface area (Å²) in [7, 11) is -2.62. The number of hydrogen-bond donors (Lipinski definition) is 1. The monoisotopic (exact) mass is 388 g/mol. The Hall–Kier alpha value is -2.80. The Balaban J connectivity index is 2.24. The van der Waals surface area contributed by atoms with Crippen molar-refractivity contribution in [3.63, 3.8) is 0 Å². The highest BCUT2D eigenvalue weighted by Gasteiger charge is 2.25. The second kappa shape index (κ2) is 6.42. The van der Waals surface area contributed by atoms with E-state index in [0.717, 1.165) is 5.56 Å². The number of sulfone groups is 1. The highest BCUT2D eigenvalue weighted by molar-refractivity contribution is 7.91. The maximum absolute atomic E-state index is 12.9. The van der Waals surface area contributed by atoms with Gasteiger partial charge in [-0.25, -0.2) is 13.2 Å². The number of phenolic OH excluding ortho intramolecular Hbond substituents is 1. The molecule has 1 heterocycles. The van der Waals surface area contributed by atoms with Gasteiger partial charge in [0, 0.05) is 5.39 Å². The molecule has 0 aliphatic heterocycles. The van der Waals surface area contributed by atoms with Gasteiger partial charge in [-0.3, -0.25) is 0 Å². The van der Waals surface area contributed by atoms with Gasteiger partial charge in [-0.05, 0) is 53.4 Å². The van der Waals surface area contributed by atoms with Gasteiger partial charge in [0.1, 0.15) is 5.75 Å². The molecule has 0 aliphatic rings. The molecule has 0 unspecified atom stereocenters. The molecule has 0 saturated heterocycles. The van der Waals surface area contributed by atoms with Crippen LogP contribution >= 0.6 is 0 Å². The molecule has 6 nitrogen and oxygen atoms in total. The van der Waals surface area contributed by atoms with Crippen molar-refractivity contribution in [2.75, 3.05) is 7.11 Å². The lowest BCUT2D eigenvalue weighted by molar-refractivity contribution is 0.414. The van der Waals surface area contributed by atoms with Crippen LogP contribution in [0.25, 0.3) is 11.0 Å². The maximum Gasteiger partial charge on any atom is 0.355 e. The zero-order valence-corrected chi connectivity index (χ0v) is 16.3. The lowest BCUT2D eigenvalue weighted by Crippen LogP contribution is -2.15. The fourth-order valence-corrected chi connectivity index (χ4v) is 3.99. The lowest BCUT2D eigenvalue weighted by Gasteiger charge is -2.19. The zero-order chi connectivity index (χ0) is 20.0. The number of benzene rings is 2. The summed E-state index contributed by atoms with van der Waals surface area (Å²) in [6.07, 6.45) is 0. The normalized spacial score (nSPS) is 12.3. The summed E-state index contributed by atoms with van der Waals surface area (Å²) in [5.74, 6) is 0.294. The van der Waals surface area contributed by atoms with Crippen LogP contribution in [0.1, 0.15) is 26.3 Å². The molecule has 3 aromatic rings. The van der Waals surface area contributed by atoms with E-state index in [2.05, 4.69) is 0 Å². The predicted molar refractivity (Wildman–Crippen MR) is 101 cm³/mol. The van der Waals surface area contributed by atoms with Crippen LogP contribution in [0.15, 0.2) is 61.5 Å². The first-order valence-corrected chi connectivity index (χ1v) is 9.73. The molecule has 0 saturated carbocycles. The van der Waals surface area contributed by atoms with E-state index in [1.807, 2.05) is 20.8 Å². The van der Waals surface area contributed by atoms with Gasteiger partial charge < -0.3 is 14.3 Å². The molecule has 0 radical (unpaired) electrons. The van der Waals surface area contributed by atoms with E-state index in [9.17, 15) is 18.3 Å². The van der Waals surface area contributed by atoms with Crippen LogP contribution in [0.5, 0.6) is 11.5 Å². The number of phenols is 1.